The molecule has 1 fully saturated rings. The molecule has 0 saturated carbocycles. The van der Waals surface area contributed by atoms with E-state index in [1.165, 1.54) is 16.6 Å². The second-order valence-electron chi connectivity index (χ2n) is 6.94. The molecule has 1 saturated heterocycles. The summed E-state index contributed by atoms with van der Waals surface area (Å²) >= 11 is 6.35. The van der Waals surface area contributed by atoms with Crippen molar-refractivity contribution in [3.63, 3.8) is 0 Å². The first-order chi connectivity index (χ1) is 14.5. The van der Waals surface area contributed by atoms with Gasteiger partial charge in [0.2, 0.25) is 0 Å². The van der Waals surface area contributed by atoms with Crippen molar-refractivity contribution < 1.29 is 14.3 Å². The smallest absolute Gasteiger partial charge is 0.282 e. The lowest BCUT2D eigenvalue weighted by atomic mass is 10.1. The van der Waals surface area contributed by atoms with Gasteiger partial charge in [-0.3, -0.25) is 15.0 Å². The Labute approximate surface area is 179 Å². The zero-order valence-electron chi connectivity index (χ0n) is 16.3. The summed E-state index contributed by atoms with van der Waals surface area (Å²) in [6, 6.07) is 22.2. The zero-order chi connectivity index (χ0) is 21.1. The van der Waals surface area contributed by atoms with Gasteiger partial charge < -0.3 is 4.74 Å². The van der Waals surface area contributed by atoms with E-state index < -0.39 is 11.8 Å². The van der Waals surface area contributed by atoms with E-state index in [2.05, 4.69) is 5.43 Å². The quantitative estimate of drug-likeness (QED) is 0.483. The molecule has 6 heteroatoms. The van der Waals surface area contributed by atoms with Crippen LogP contribution in [-0.4, -0.2) is 11.8 Å². The van der Waals surface area contributed by atoms with Crippen LogP contribution in [0.2, 0.25) is 5.02 Å². The van der Waals surface area contributed by atoms with Crippen LogP contribution >= 0.6 is 11.6 Å². The van der Waals surface area contributed by atoms with Crippen molar-refractivity contribution in [1.29, 1.82) is 0 Å². The third kappa shape index (κ3) is 4.21. The summed E-state index contributed by atoms with van der Waals surface area (Å²) < 4.78 is 5.80. The van der Waals surface area contributed by atoms with Crippen LogP contribution in [0.1, 0.15) is 16.7 Å². The summed E-state index contributed by atoms with van der Waals surface area (Å²) in [6.45, 7) is 2.43. The highest BCUT2D eigenvalue weighted by Gasteiger charge is 2.34. The molecule has 0 unspecified atom stereocenters. The number of halogens is 1. The maximum Gasteiger partial charge on any atom is 0.282 e. The van der Waals surface area contributed by atoms with Crippen LogP contribution in [0, 0.1) is 6.92 Å². The van der Waals surface area contributed by atoms with E-state index in [0.29, 0.717) is 28.6 Å². The number of carbonyl (C=O) groups excluding carboxylic acids is 2. The monoisotopic (exact) mass is 418 g/mol. The molecule has 0 aliphatic carbocycles. The topological polar surface area (TPSA) is 58.6 Å². The lowest BCUT2D eigenvalue weighted by molar-refractivity contribution is -0.117. The fourth-order valence-corrected chi connectivity index (χ4v) is 3.30. The Hall–Kier alpha value is -3.57. The van der Waals surface area contributed by atoms with Crippen LogP contribution in [0.15, 0.2) is 78.4 Å². The molecule has 1 aliphatic rings. The number of anilines is 1. The Kier molecular flexibility index (Phi) is 5.55. The van der Waals surface area contributed by atoms with Crippen molar-refractivity contribution in [2.75, 3.05) is 5.01 Å². The third-order valence-corrected chi connectivity index (χ3v) is 4.98. The molecule has 5 nitrogen and oxygen atoms in total. The van der Waals surface area contributed by atoms with E-state index in [0.717, 1.165) is 5.56 Å². The Morgan fingerprint density at radius 2 is 1.73 bits per heavy atom. The first-order valence-corrected chi connectivity index (χ1v) is 9.79. The average Bonchev–Trinajstić information content (AvgIpc) is 3.03. The molecule has 4 rings (SSSR count). The van der Waals surface area contributed by atoms with Gasteiger partial charge in [0.05, 0.1) is 10.7 Å². The van der Waals surface area contributed by atoms with Crippen LogP contribution in [0.5, 0.6) is 5.75 Å². The molecule has 0 radical (unpaired) electrons. The maximum absolute atomic E-state index is 12.7. The van der Waals surface area contributed by atoms with Gasteiger partial charge in [-0.25, -0.2) is 5.01 Å². The number of nitrogens with one attached hydrogen (secondary N) is 1. The van der Waals surface area contributed by atoms with E-state index in [-0.39, 0.29) is 5.57 Å². The fraction of sp³-hybridized carbons (Fsp3) is 0.0833. The molecular formula is C24H19ClN2O3. The summed E-state index contributed by atoms with van der Waals surface area (Å²) in [5, 5.41) is 1.64. The molecule has 0 spiro atoms. The predicted octanol–water partition coefficient (Wildman–Crippen LogP) is 4.69. The lowest BCUT2D eigenvalue weighted by Crippen LogP contribution is -2.35. The number of carbonyl (C=O) groups is 2. The number of benzene rings is 3. The molecule has 2 amide bonds. The molecule has 3 aromatic rings. The normalized spacial score (nSPS) is 14.9. The van der Waals surface area contributed by atoms with Gasteiger partial charge in [-0.1, -0.05) is 65.7 Å². The van der Waals surface area contributed by atoms with Gasteiger partial charge in [-0.05, 0) is 48.4 Å². The second kappa shape index (κ2) is 8.43. The van der Waals surface area contributed by atoms with Crippen molar-refractivity contribution >= 4 is 35.2 Å². The predicted molar refractivity (Wildman–Crippen MR) is 117 cm³/mol. The van der Waals surface area contributed by atoms with Gasteiger partial charge in [0.25, 0.3) is 11.8 Å². The van der Waals surface area contributed by atoms with Gasteiger partial charge in [0.1, 0.15) is 17.9 Å². The summed E-state index contributed by atoms with van der Waals surface area (Å²) in [7, 11) is 0. The molecule has 0 atom stereocenters. The summed E-state index contributed by atoms with van der Waals surface area (Å²) in [6.07, 6.45) is 1.52. The second-order valence-corrected chi connectivity index (χ2v) is 7.35. The number of aryl methyl sites for hydroxylation is 1. The number of hydrogen-bond donors (Lipinski definition) is 1. The Bertz CT molecular complexity index is 1120. The van der Waals surface area contributed by atoms with Crippen molar-refractivity contribution in [3.8, 4) is 5.75 Å². The minimum absolute atomic E-state index is 0.0447. The highest BCUT2D eigenvalue weighted by molar-refractivity contribution is 6.33. The zero-order valence-corrected chi connectivity index (χ0v) is 17.0. The molecule has 0 aromatic heterocycles. The highest BCUT2D eigenvalue weighted by atomic mass is 35.5. The van der Waals surface area contributed by atoms with E-state index in [4.69, 9.17) is 16.3 Å². The average molecular weight is 419 g/mol. The molecule has 3 aromatic carbocycles. The largest absolute Gasteiger partial charge is 0.487 e. The number of para-hydroxylation sites is 1. The van der Waals surface area contributed by atoms with Gasteiger partial charge in [-0.2, -0.15) is 0 Å². The number of rotatable bonds is 5. The Morgan fingerprint density at radius 3 is 2.43 bits per heavy atom. The lowest BCUT2D eigenvalue weighted by Gasteiger charge is -2.13. The molecule has 1 N–H and O–H groups in total. The molecule has 30 heavy (non-hydrogen) atoms. The maximum atomic E-state index is 12.7. The van der Waals surface area contributed by atoms with E-state index in [9.17, 15) is 9.59 Å². The highest BCUT2D eigenvalue weighted by Crippen LogP contribution is 2.28. The third-order valence-electron chi connectivity index (χ3n) is 4.69. The van der Waals surface area contributed by atoms with E-state index >= 15 is 0 Å². The standard InChI is InChI=1S/C24H19ClN2O3/c1-16-7-9-17(10-8-16)15-30-22-12-11-18(14-21(22)25)13-20-23(28)26-27(24(20)29)19-5-3-2-4-6-19/h2-14H,15H2,1H3,(H,26,28). The fourth-order valence-electron chi connectivity index (χ4n) is 3.05. The molecular weight excluding hydrogens is 400 g/mol. The van der Waals surface area contributed by atoms with Crippen LogP contribution in [0.25, 0.3) is 6.08 Å². The molecule has 1 heterocycles. The van der Waals surface area contributed by atoms with Gasteiger partial charge >= 0.3 is 0 Å². The number of nitrogens with zero attached hydrogens (tertiary/aromatic N) is 1. The molecule has 1 aliphatic heterocycles. The van der Waals surface area contributed by atoms with Crippen molar-refractivity contribution in [2.45, 2.75) is 13.5 Å². The van der Waals surface area contributed by atoms with Crippen molar-refractivity contribution in [3.05, 3.63) is 100 Å². The van der Waals surface area contributed by atoms with Crippen LogP contribution in [-0.2, 0) is 16.2 Å². The first kappa shape index (κ1) is 19.7. The first-order valence-electron chi connectivity index (χ1n) is 9.41. The van der Waals surface area contributed by atoms with Crippen molar-refractivity contribution in [2.24, 2.45) is 0 Å². The van der Waals surface area contributed by atoms with Crippen LogP contribution in [0.4, 0.5) is 5.69 Å². The minimum atomic E-state index is -0.459. The number of amides is 2. The number of hydrazine groups is 1. The SMILES string of the molecule is Cc1ccc(COc2ccc(C=C3C(=O)NN(c4ccccc4)C3=O)cc2Cl)cc1. The Morgan fingerprint density at radius 1 is 1.00 bits per heavy atom. The van der Waals surface area contributed by atoms with Crippen molar-refractivity contribution in [1.82, 2.24) is 5.43 Å². The van der Waals surface area contributed by atoms with E-state index in [1.807, 2.05) is 37.3 Å². The Balaban J connectivity index is 1.50. The van der Waals surface area contributed by atoms with Gasteiger partial charge in [0, 0.05) is 0 Å². The molecule has 0 bridgehead atoms. The summed E-state index contributed by atoms with van der Waals surface area (Å²) in [4.78, 5) is 25.0. The van der Waals surface area contributed by atoms with E-state index in [1.54, 1.807) is 42.5 Å². The summed E-state index contributed by atoms with van der Waals surface area (Å²) in [5.74, 6) is -0.339. The van der Waals surface area contributed by atoms with Crippen LogP contribution in [0.3, 0.4) is 0 Å². The van der Waals surface area contributed by atoms with Gasteiger partial charge in [0.15, 0.2) is 0 Å². The van der Waals surface area contributed by atoms with Gasteiger partial charge in [-0.15, -0.1) is 0 Å². The van der Waals surface area contributed by atoms with Crippen LogP contribution < -0.4 is 15.2 Å². The number of hydrogen-bond acceptors (Lipinski definition) is 3. The summed E-state index contributed by atoms with van der Waals surface area (Å²) in [5.41, 5.74) is 6.08. The minimum Gasteiger partial charge on any atom is -0.487 e. The number of ether oxygens (including phenoxy) is 1. The molecule has 150 valence electrons.